The number of esters is 1. The largest absolute Gasteiger partial charge is 0.490 e. The summed E-state index contributed by atoms with van der Waals surface area (Å²) in [5.41, 5.74) is 0. The Hall–Kier alpha value is -1.75. The first-order valence-electron chi connectivity index (χ1n) is 5.82. The third kappa shape index (κ3) is 3.92. The van der Waals surface area contributed by atoms with Gasteiger partial charge in [-0.15, -0.1) is 0 Å². The van der Waals surface area contributed by atoms with E-state index < -0.39 is 6.04 Å². The maximum Gasteiger partial charge on any atom is 0.326 e. The summed E-state index contributed by atoms with van der Waals surface area (Å²) < 4.78 is 15.7. The fraction of sp³-hybridized carbons (Fsp3) is 0.462. The van der Waals surface area contributed by atoms with Crippen LogP contribution in [0.5, 0.6) is 11.5 Å². The summed E-state index contributed by atoms with van der Waals surface area (Å²) in [6, 6.07) is 6.85. The van der Waals surface area contributed by atoms with E-state index in [-0.39, 0.29) is 12.6 Å². The molecule has 0 amide bonds. The molecule has 0 saturated heterocycles. The maximum absolute atomic E-state index is 11.4. The van der Waals surface area contributed by atoms with Crippen molar-refractivity contribution in [3.05, 3.63) is 24.3 Å². The first-order chi connectivity index (χ1) is 8.72. The number of rotatable bonds is 7. The molecule has 1 aromatic carbocycles. The molecule has 100 valence electrons. The standard InChI is InChI=1S/C13H19NO4/c1-4-17-11-7-5-6-8-12(11)18-9-10(14-2)13(15)16-3/h5-8,10,14H,4,9H2,1-3H3. The molecule has 1 N–H and O–H groups in total. The minimum atomic E-state index is -0.496. The zero-order chi connectivity index (χ0) is 13.4. The number of carbonyl (C=O) groups excluding carboxylic acids is 1. The normalized spacial score (nSPS) is 11.7. The molecular formula is C13H19NO4. The van der Waals surface area contributed by atoms with Gasteiger partial charge in [-0.1, -0.05) is 12.1 Å². The van der Waals surface area contributed by atoms with Gasteiger partial charge in [-0.05, 0) is 26.1 Å². The summed E-state index contributed by atoms with van der Waals surface area (Å²) in [6.07, 6.45) is 0. The molecule has 0 heterocycles. The van der Waals surface area contributed by atoms with Crippen LogP contribution in [0.3, 0.4) is 0 Å². The third-order valence-corrected chi connectivity index (χ3v) is 2.39. The van der Waals surface area contributed by atoms with Crippen molar-refractivity contribution in [2.45, 2.75) is 13.0 Å². The van der Waals surface area contributed by atoms with Gasteiger partial charge in [0.25, 0.3) is 0 Å². The Bertz CT molecular complexity index is 381. The van der Waals surface area contributed by atoms with Crippen LogP contribution in [0.15, 0.2) is 24.3 Å². The van der Waals surface area contributed by atoms with Gasteiger partial charge >= 0.3 is 5.97 Å². The predicted octanol–water partition coefficient (Wildman–Crippen LogP) is 1.23. The van der Waals surface area contributed by atoms with Crippen molar-refractivity contribution in [1.29, 1.82) is 0 Å². The smallest absolute Gasteiger partial charge is 0.326 e. The van der Waals surface area contributed by atoms with Crippen LogP contribution in [-0.2, 0) is 9.53 Å². The molecule has 1 unspecified atom stereocenters. The van der Waals surface area contributed by atoms with Crippen molar-refractivity contribution >= 4 is 5.97 Å². The number of hydrogen-bond acceptors (Lipinski definition) is 5. The molecular weight excluding hydrogens is 234 g/mol. The van der Waals surface area contributed by atoms with E-state index >= 15 is 0 Å². The Morgan fingerprint density at radius 3 is 2.39 bits per heavy atom. The number of hydrogen-bond donors (Lipinski definition) is 1. The van der Waals surface area contributed by atoms with E-state index in [9.17, 15) is 4.79 Å². The van der Waals surface area contributed by atoms with Crippen LogP contribution in [0.1, 0.15) is 6.92 Å². The number of benzene rings is 1. The van der Waals surface area contributed by atoms with Gasteiger partial charge in [-0.2, -0.15) is 0 Å². The molecule has 0 saturated carbocycles. The van der Waals surface area contributed by atoms with Crippen LogP contribution in [0.25, 0.3) is 0 Å². The lowest BCUT2D eigenvalue weighted by Crippen LogP contribution is -2.40. The second kappa shape index (κ2) is 7.55. The minimum absolute atomic E-state index is 0.188. The van der Waals surface area contributed by atoms with Crippen LogP contribution in [0, 0.1) is 0 Å². The molecule has 0 aliphatic heterocycles. The number of ether oxygens (including phenoxy) is 3. The molecule has 0 aliphatic carbocycles. The second-order valence-electron chi connectivity index (χ2n) is 3.56. The van der Waals surface area contributed by atoms with Crippen LogP contribution < -0.4 is 14.8 Å². The summed E-state index contributed by atoms with van der Waals surface area (Å²) in [5.74, 6) is 0.926. The molecule has 0 spiro atoms. The summed E-state index contributed by atoms with van der Waals surface area (Å²) >= 11 is 0. The Morgan fingerprint density at radius 1 is 1.28 bits per heavy atom. The lowest BCUT2D eigenvalue weighted by atomic mass is 10.3. The van der Waals surface area contributed by atoms with Gasteiger partial charge in [0.15, 0.2) is 11.5 Å². The predicted molar refractivity (Wildman–Crippen MR) is 68.0 cm³/mol. The number of carbonyl (C=O) groups is 1. The average molecular weight is 253 g/mol. The van der Waals surface area contributed by atoms with Crippen molar-refractivity contribution < 1.29 is 19.0 Å². The van der Waals surface area contributed by atoms with Crippen molar-refractivity contribution in [2.75, 3.05) is 27.4 Å². The van der Waals surface area contributed by atoms with Gasteiger partial charge in [0.05, 0.1) is 13.7 Å². The zero-order valence-electron chi connectivity index (χ0n) is 10.9. The van der Waals surface area contributed by atoms with E-state index in [1.54, 1.807) is 13.1 Å². The highest BCUT2D eigenvalue weighted by Gasteiger charge is 2.18. The third-order valence-electron chi connectivity index (χ3n) is 2.39. The first kappa shape index (κ1) is 14.3. The van der Waals surface area contributed by atoms with E-state index in [4.69, 9.17) is 9.47 Å². The monoisotopic (exact) mass is 253 g/mol. The summed E-state index contributed by atoms with van der Waals surface area (Å²) in [6.45, 7) is 2.65. The number of likely N-dealkylation sites (N-methyl/N-ethyl adjacent to an activating group) is 1. The van der Waals surface area contributed by atoms with E-state index in [1.165, 1.54) is 7.11 Å². The van der Waals surface area contributed by atoms with Gasteiger partial charge in [-0.25, -0.2) is 0 Å². The quantitative estimate of drug-likeness (QED) is 0.741. The Morgan fingerprint density at radius 2 is 1.89 bits per heavy atom. The average Bonchev–Trinajstić information content (AvgIpc) is 2.41. The van der Waals surface area contributed by atoms with E-state index in [2.05, 4.69) is 10.1 Å². The van der Waals surface area contributed by atoms with Gasteiger partial charge in [0.1, 0.15) is 12.6 Å². The minimum Gasteiger partial charge on any atom is -0.490 e. The first-order valence-corrected chi connectivity index (χ1v) is 5.82. The van der Waals surface area contributed by atoms with E-state index in [0.29, 0.717) is 18.1 Å². The lowest BCUT2D eigenvalue weighted by molar-refractivity contribution is -0.143. The molecule has 5 nitrogen and oxygen atoms in total. The Balaban J connectivity index is 2.64. The van der Waals surface area contributed by atoms with Crippen molar-refractivity contribution in [3.63, 3.8) is 0 Å². The summed E-state index contributed by atoms with van der Waals surface area (Å²) in [7, 11) is 3.03. The molecule has 18 heavy (non-hydrogen) atoms. The van der Waals surface area contributed by atoms with Crippen molar-refractivity contribution in [2.24, 2.45) is 0 Å². The second-order valence-corrected chi connectivity index (χ2v) is 3.56. The van der Waals surface area contributed by atoms with Crippen molar-refractivity contribution in [1.82, 2.24) is 5.32 Å². The topological polar surface area (TPSA) is 56.8 Å². The number of para-hydroxylation sites is 2. The van der Waals surface area contributed by atoms with Gasteiger partial charge < -0.3 is 19.5 Å². The Kier molecular flexibility index (Phi) is 6.00. The maximum atomic E-state index is 11.4. The van der Waals surface area contributed by atoms with Gasteiger partial charge in [0.2, 0.25) is 0 Å². The molecule has 1 rings (SSSR count). The Labute approximate surface area is 107 Å². The van der Waals surface area contributed by atoms with Gasteiger partial charge in [-0.3, -0.25) is 4.79 Å². The molecule has 0 fully saturated rings. The van der Waals surface area contributed by atoms with Crippen LogP contribution in [0.2, 0.25) is 0 Å². The highest BCUT2D eigenvalue weighted by Crippen LogP contribution is 2.26. The molecule has 0 bridgehead atoms. The number of methoxy groups -OCH3 is 1. The van der Waals surface area contributed by atoms with Crippen LogP contribution >= 0.6 is 0 Å². The van der Waals surface area contributed by atoms with E-state index in [1.807, 2.05) is 25.1 Å². The van der Waals surface area contributed by atoms with Crippen LogP contribution in [0.4, 0.5) is 0 Å². The molecule has 0 aromatic heterocycles. The lowest BCUT2D eigenvalue weighted by Gasteiger charge is -2.16. The fourth-order valence-electron chi connectivity index (χ4n) is 1.43. The molecule has 5 heteroatoms. The SMILES string of the molecule is CCOc1ccccc1OCC(NC)C(=O)OC. The summed E-state index contributed by atoms with van der Waals surface area (Å²) in [5, 5.41) is 2.83. The highest BCUT2D eigenvalue weighted by molar-refractivity contribution is 5.75. The number of nitrogens with one attached hydrogen (secondary N) is 1. The van der Waals surface area contributed by atoms with Gasteiger partial charge in [0, 0.05) is 0 Å². The van der Waals surface area contributed by atoms with E-state index in [0.717, 1.165) is 0 Å². The molecule has 0 aliphatic rings. The molecule has 0 radical (unpaired) electrons. The fourth-order valence-corrected chi connectivity index (χ4v) is 1.43. The molecule has 1 atom stereocenters. The zero-order valence-corrected chi connectivity index (χ0v) is 10.9. The highest BCUT2D eigenvalue weighted by atomic mass is 16.5. The van der Waals surface area contributed by atoms with Crippen LogP contribution in [-0.4, -0.2) is 39.4 Å². The van der Waals surface area contributed by atoms with Crippen molar-refractivity contribution in [3.8, 4) is 11.5 Å². The molecule has 1 aromatic rings. The summed E-state index contributed by atoms with van der Waals surface area (Å²) in [4.78, 5) is 11.4.